The van der Waals surface area contributed by atoms with Crippen LogP contribution in [0.1, 0.15) is 22.3 Å². The Morgan fingerprint density at radius 3 is 1.63 bits per heavy atom. The maximum Gasteiger partial charge on any atom is 0.460 e. The highest BCUT2D eigenvalue weighted by atomic mass is 32.2. The molecule has 0 saturated heterocycles. The highest BCUT2D eigenvalue weighted by Gasteiger charge is 2.86. The van der Waals surface area contributed by atoms with Gasteiger partial charge in [-0.3, -0.25) is 0 Å². The first kappa shape index (κ1) is 35.1. The van der Waals surface area contributed by atoms with Crippen molar-refractivity contribution in [2.45, 2.75) is 28.7 Å². The van der Waals surface area contributed by atoms with Crippen molar-refractivity contribution in [2.24, 2.45) is 0 Å². The molecule has 266 valence electrons. The molecule has 0 N–H and O–H groups in total. The maximum atomic E-state index is 14.3. The molecule has 1 aliphatic carbocycles. The van der Waals surface area contributed by atoms with Crippen molar-refractivity contribution < 1.29 is 52.1 Å². The standard InChI is InChI=1S/C39H23F9O3S/c40-36(41,38(44,45)46)37(42,43)39(47,48)52(49,50)51-29-21-20-24-22-26(19-18-25(24)23-29)30-15-9-17-33-34(30)31-14-7-8-16-32(31)35(33,27-10-3-1-4-11-27)28-12-5-2-6-13-28/h1-23H. The van der Waals surface area contributed by atoms with Crippen LogP contribution in [0.5, 0.6) is 5.75 Å². The minimum atomic E-state index is -7.41. The molecule has 0 aromatic heterocycles. The number of benzene rings is 6. The number of fused-ring (bicyclic) bond motifs is 4. The van der Waals surface area contributed by atoms with Crippen LogP contribution < -0.4 is 4.18 Å². The van der Waals surface area contributed by atoms with Gasteiger partial charge in [0.2, 0.25) is 0 Å². The Kier molecular flexibility index (Phi) is 8.02. The molecule has 7 rings (SSSR count). The maximum absolute atomic E-state index is 14.3. The van der Waals surface area contributed by atoms with Crippen molar-refractivity contribution >= 4 is 20.9 Å². The first-order valence-corrected chi connectivity index (χ1v) is 16.9. The molecule has 3 nitrogen and oxygen atoms in total. The summed E-state index contributed by atoms with van der Waals surface area (Å²) < 4.78 is 149. The molecule has 1 aliphatic rings. The van der Waals surface area contributed by atoms with Crippen molar-refractivity contribution in [3.63, 3.8) is 0 Å². The first-order chi connectivity index (χ1) is 24.4. The lowest BCUT2D eigenvalue weighted by molar-refractivity contribution is -0.382. The quantitative estimate of drug-likeness (QED) is 0.115. The van der Waals surface area contributed by atoms with Gasteiger partial charge < -0.3 is 4.18 Å². The van der Waals surface area contributed by atoms with E-state index in [0.717, 1.165) is 51.1 Å². The molecule has 0 radical (unpaired) electrons. The van der Waals surface area contributed by atoms with Crippen molar-refractivity contribution in [3.8, 4) is 28.0 Å². The van der Waals surface area contributed by atoms with Crippen molar-refractivity contribution in [1.82, 2.24) is 0 Å². The zero-order valence-electron chi connectivity index (χ0n) is 26.3. The summed E-state index contributed by atoms with van der Waals surface area (Å²) in [6.45, 7) is 0. The van der Waals surface area contributed by atoms with Crippen molar-refractivity contribution in [1.29, 1.82) is 0 Å². The summed E-state index contributed by atoms with van der Waals surface area (Å²) in [6.07, 6.45) is -7.19. The lowest BCUT2D eigenvalue weighted by atomic mass is 9.67. The van der Waals surface area contributed by atoms with Crippen LogP contribution in [0.15, 0.2) is 140 Å². The normalized spacial score (nSPS) is 14.6. The number of rotatable bonds is 8. The zero-order valence-corrected chi connectivity index (χ0v) is 27.1. The van der Waals surface area contributed by atoms with E-state index in [-0.39, 0.29) is 5.39 Å². The fourth-order valence-electron chi connectivity index (χ4n) is 6.87. The largest absolute Gasteiger partial charge is 0.460 e. The molecule has 6 aromatic rings. The van der Waals surface area contributed by atoms with Gasteiger partial charge in [-0.25, -0.2) is 0 Å². The van der Waals surface area contributed by atoms with Crippen LogP contribution in [0.3, 0.4) is 0 Å². The third kappa shape index (κ3) is 5.00. The smallest absolute Gasteiger partial charge is 0.378 e. The van der Waals surface area contributed by atoms with Crippen molar-refractivity contribution in [3.05, 3.63) is 162 Å². The molecule has 0 aliphatic heterocycles. The Labute approximate surface area is 291 Å². The van der Waals surface area contributed by atoms with Gasteiger partial charge >= 0.3 is 33.4 Å². The molecule has 0 amide bonds. The van der Waals surface area contributed by atoms with E-state index in [0.29, 0.717) is 10.9 Å². The van der Waals surface area contributed by atoms with Gasteiger partial charge in [0.25, 0.3) is 0 Å². The number of alkyl halides is 9. The van der Waals surface area contributed by atoms with Gasteiger partial charge in [-0.05, 0) is 73.5 Å². The summed E-state index contributed by atoms with van der Waals surface area (Å²) in [6, 6.07) is 41.7. The van der Waals surface area contributed by atoms with Gasteiger partial charge in [0.15, 0.2) is 0 Å². The lowest BCUT2D eigenvalue weighted by Crippen LogP contribution is -2.63. The molecule has 0 fully saturated rings. The second-order valence-electron chi connectivity index (χ2n) is 12.2. The third-order valence-corrected chi connectivity index (χ3v) is 10.5. The molecule has 0 atom stereocenters. The van der Waals surface area contributed by atoms with E-state index in [1.165, 1.54) is 12.1 Å². The third-order valence-electron chi connectivity index (χ3n) is 9.24. The van der Waals surface area contributed by atoms with Gasteiger partial charge in [-0.1, -0.05) is 121 Å². The molecule has 6 aromatic carbocycles. The Morgan fingerprint density at radius 2 is 1.02 bits per heavy atom. The summed E-state index contributed by atoms with van der Waals surface area (Å²) in [7, 11) is -7.09. The van der Waals surface area contributed by atoms with E-state index in [9.17, 15) is 47.9 Å². The van der Waals surface area contributed by atoms with Crippen LogP contribution in [0.2, 0.25) is 0 Å². The van der Waals surface area contributed by atoms with Crippen LogP contribution in [-0.4, -0.2) is 31.7 Å². The average molecular weight is 743 g/mol. The molecule has 52 heavy (non-hydrogen) atoms. The molecular weight excluding hydrogens is 719 g/mol. The molecule has 0 heterocycles. The first-order valence-electron chi connectivity index (χ1n) is 15.5. The van der Waals surface area contributed by atoms with Crippen LogP contribution in [0.25, 0.3) is 33.0 Å². The van der Waals surface area contributed by atoms with Gasteiger partial charge in [0.05, 0.1) is 5.41 Å². The topological polar surface area (TPSA) is 43.4 Å². The fourth-order valence-corrected chi connectivity index (χ4v) is 7.78. The summed E-state index contributed by atoms with van der Waals surface area (Å²) in [5, 5.41) is -6.41. The minimum Gasteiger partial charge on any atom is -0.378 e. The summed E-state index contributed by atoms with van der Waals surface area (Å²) >= 11 is 0. The monoisotopic (exact) mass is 742 g/mol. The van der Waals surface area contributed by atoms with Gasteiger partial charge in [0, 0.05) is 0 Å². The molecule has 13 heteroatoms. The molecule has 0 unspecified atom stereocenters. The van der Waals surface area contributed by atoms with Gasteiger partial charge in [-0.15, -0.1) is 0 Å². The van der Waals surface area contributed by atoms with E-state index in [2.05, 4.69) is 40.6 Å². The second kappa shape index (κ2) is 11.9. The number of hydrogen-bond acceptors (Lipinski definition) is 3. The summed E-state index contributed by atoms with van der Waals surface area (Å²) in [5.74, 6) is -15.8. The highest BCUT2D eigenvalue weighted by molar-refractivity contribution is 7.88. The molecule has 0 spiro atoms. The van der Waals surface area contributed by atoms with Crippen molar-refractivity contribution in [2.75, 3.05) is 0 Å². The number of hydrogen-bond donors (Lipinski definition) is 0. The minimum absolute atomic E-state index is 0.156. The predicted octanol–water partition coefficient (Wildman–Crippen LogP) is 11.0. The SMILES string of the molecule is O=S(=O)(Oc1ccc2cc(-c3cccc4c3-c3ccccc3C4(c3ccccc3)c3ccccc3)ccc2c1)C(F)(F)C(F)(F)C(F)(F)C(F)(F)F. The molecule has 0 saturated carbocycles. The van der Waals surface area contributed by atoms with E-state index >= 15 is 0 Å². The summed E-state index contributed by atoms with van der Waals surface area (Å²) in [4.78, 5) is 0. The Balaban J connectivity index is 1.31. The predicted molar refractivity (Wildman–Crippen MR) is 177 cm³/mol. The lowest BCUT2D eigenvalue weighted by Gasteiger charge is -2.34. The van der Waals surface area contributed by atoms with Gasteiger partial charge in [0.1, 0.15) is 5.75 Å². The average Bonchev–Trinajstić information content (AvgIpc) is 3.42. The number of halogens is 9. The van der Waals surface area contributed by atoms with Crippen LogP contribution in [-0.2, 0) is 15.5 Å². The summed E-state index contributed by atoms with van der Waals surface area (Å²) in [5.41, 5.74) is 6.86. The molecular formula is C39H23F9O3S. The second-order valence-corrected chi connectivity index (χ2v) is 13.8. The van der Waals surface area contributed by atoms with Crippen LogP contribution in [0, 0.1) is 0 Å². The Hall–Kier alpha value is -5.30. The van der Waals surface area contributed by atoms with Gasteiger partial charge in [-0.2, -0.15) is 47.9 Å². The van der Waals surface area contributed by atoms with Crippen LogP contribution in [0.4, 0.5) is 39.5 Å². The van der Waals surface area contributed by atoms with E-state index in [1.54, 1.807) is 12.1 Å². The molecule has 0 bridgehead atoms. The van der Waals surface area contributed by atoms with E-state index in [1.807, 2.05) is 66.7 Å². The Morgan fingerprint density at radius 1 is 0.500 bits per heavy atom. The zero-order chi connectivity index (χ0) is 37.3. The highest BCUT2D eigenvalue weighted by Crippen LogP contribution is 2.58. The Bertz CT molecular complexity index is 2390. The fraction of sp³-hybridized carbons (Fsp3) is 0.128. The van der Waals surface area contributed by atoms with Crippen LogP contribution >= 0.6 is 0 Å². The van der Waals surface area contributed by atoms with E-state index < -0.39 is 44.6 Å². The van der Waals surface area contributed by atoms with E-state index in [4.69, 9.17) is 0 Å².